The Morgan fingerprint density at radius 2 is 2.12 bits per heavy atom. The second-order valence-corrected chi connectivity index (χ2v) is 10.2. The molecule has 2 aromatic rings. The van der Waals surface area contributed by atoms with Crippen LogP contribution < -0.4 is 16.2 Å². The van der Waals surface area contributed by atoms with Crippen molar-refractivity contribution in [1.82, 2.24) is 31.0 Å². The van der Waals surface area contributed by atoms with E-state index in [1.54, 1.807) is 0 Å². The minimum absolute atomic E-state index is 0.00501. The molecule has 0 bridgehead atoms. The first-order valence-electron chi connectivity index (χ1n) is 12.7. The molecule has 2 saturated heterocycles. The van der Waals surface area contributed by atoms with Crippen LogP contribution in [0.4, 0.5) is 0 Å². The van der Waals surface area contributed by atoms with E-state index in [4.69, 9.17) is 4.98 Å². The second kappa shape index (κ2) is 8.83. The summed E-state index contributed by atoms with van der Waals surface area (Å²) in [6, 6.07) is 6.43. The molecule has 6 rings (SSSR count). The van der Waals surface area contributed by atoms with Crippen LogP contribution in [0.2, 0.25) is 0 Å². The fraction of sp³-hybridized carbons (Fsp3) is 0.538. The van der Waals surface area contributed by atoms with Crippen LogP contribution in [0.15, 0.2) is 30.5 Å². The van der Waals surface area contributed by atoms with Crippen molar-refractivity contribution in [3.63, 3.8) is 0 Å². The molecule has 1 saturated carbocycles. The number of H-pyrrole nitrogens is 1. The number of rotatable bonds is 5. The number of nitrogens with one attached hydrogen (secondary N) is 4. The molecular weight excluding hydrogens is 428 g/mol. The Kier molecular flexibility index (Phi) is 5.67. The van der Waals surface area contributed by atoms with Gasteiger partial charge in [0, 0.05) is 25.7 Å². The number of aromatic nitrogens is 2. The quantitative estimate of drug-likeness (QED) is 0.467. The smallest absolute Gasteiger partial charge is 0.237 e. The molecule has 8 heteroatoms. The Hall–Kier alpha value is -2.68. The van der Waals surface area contributed by atoms with Gasteiger partial charge in [-0.25, -0.2) is 10.4 Å². The van der Waals surface area contributed by atoms with Crippen molar-refractivity contribution >= 4 is 11.5 Å². The van der Waals surface area contributed by atoms with Crippen molar-refractivity contribution in [3.05, 3.63) is 53.1 Å². The van der Waals surface area contributed by atoms with Crippen molar-refractivity contribution in [2.45, 2.75) is 63.1 Å². The summed E-state index contributed by atoms with van der Waals surface area (Å²) in [6.45, 7) is 4.54. The zero-order valence-electron chi connectivity index (χ0n) is 19.7. The molecule has 180 valence electrons. The number of hydrogen-bond acceptors (Lipinski definition) is 6. The van der Waals surface area contributed by atoms with Gasteiger partial charge in [0.1, 0.15) is 11.6 Å². The molecule has 3 aliphatic heterocycles. The first kappa shape index (κ1) is 21.8. The third kappa shape index (κ3) is 3.83. The van der Waals surface area contributed by atoms with Gasteiger partial charge in [-0.15, -0.1) is 0 Å². The number of phenolic OH excluding ortho intramolecular Hbond substituents is 1. The summed E-state index contributed by atoms with van der Waals surface area (Å²) < 4.78 is 0. The number of aromatic amines is 1. The topological polar surface area (TPSA) is 105 Å². The number of hydrazine groups is 1. The highest BCUT2D eigenvalue weighted by Crippen LogP contribution is 2.44. The van der Waals surface area contributed by atoms with Gasteiger partial charge in [0.25, 0.3) is 0 Å². The second-order valence-electron chi connectivity index (χ2n) is 10.2. The van der Waals surface area contributed by atoms with Crippen molar-refractivity contribution < 1.29 is 9.90 Å². The van der Waals surface area contributed by atoms with E-state index in [1.807, 2.05) is 18.3 Å². The Bertz CT molecular complexity index is 1110. The first-order valence-corrected chi connectivity index (χ1v) is 12.7. The van der Waals surface area contributed by atoms with E-state index in [9.17, 15) is 9.90 Å². The SMILES string of the molecule is CCc1cc(O)ccc1C1CCC2C(C1)NNC2c1ncc(C2=CCN(C3CCNC3=O)C2)[nH]1. The molecular formula is C26H34N6O2. The minimum Gasteiger partial charge on any atom is -0.508 e. The lowest BCUT2D eigenvalue weighted by Crippen LogP contribution is -2.39. The molecule has 3 fully saturated rings. The number of amides is 1. The maximum atomic E-state index is 12.1. The zero-order valence-corrected chi connectivity index (χ0v) is 19.7. The van der Waals surface area contributed by atoms with E-state index >= 15 is 0 Å². The summed E-state index contributed by atoms with van der Waals surface area (Å²) in [5, 5.41) is 12.8. The normalized spacial score (nSPS) is 31.5. The Labute approximate surface area is 200 Å². The summed E-state index contributed by atoms with van der Waals surface area (Å²) in [5.74, 6) is 2.51. The number of aromatic hydroxyl groups is 1. The minimum atomic E-state index is -0.00501. The average Bonchev–Trinajstić information content (AvgIpc) is 3.63. The van der Waals surface area contributed by atoms with Crippen molar-refractivity contribution in [3.8, 4) is 5.75 Å². The lowest BCUT2D eigenvalue weighted by Gasteiger charge is -2.33. The number of aryl methyl sites for hydroxylation is 1. The number of benzene rings is 1. The summed E-state index contributed by atoms with van der Waals surface area (Å²) in [7, 11) is 0. The lowest BCUT2D eigenvalue weighted by atomic mass is 9.73. The highest BCUT2D eigenvalue weighted by molar-refractivity contribution is 5.84. The molecule has 5 atom stereocenters. The summed E-state index contributed by atoms with van der Waals surface area (Å²) in [5.41, 5.74) is 12.0. The monoisotopic (exact) mass is 462 g/mol. The van der Waals surface area contributed by atoms with Crippen molar-refractivity contribution in [2.24, 2.45) is 5.92 Å². The molecule has 0 radical (unpaired) electrons. The highest BCUT2D eigenvalue weighted by Gasteiger charge is 2.42. The van der Waals surface area contributed by atoms with Crippen molar-refractivity contribution in [2.75, 3.05) is 19.6 Å². The fourth-order valence-electron chi connectivity index (χ4n) is 6.51. The van der Waals surface area contributed by atoms with Gasteiger partial charge >= 0.3 is 0 Å². The van der Waals surface area contributed by atoms with E-state index in [2.05, 4.69) is 45.1 Å². The Balaban J connectivity index is 1.12. The summed E-state index contributed by atoms with van der Waals surface area (Å²) in [4.78, 5) is 22.7. The molecule has 4 aliphatic rings. The predicted octanol–water partition coefficient (Wildman–Crippen LogP) is 2.37. The van der Waals surface area contributed by atoms with E-state index in [0.29, 0.717) is 23.6 Å². The molecule has 4 heterocycles. The van der Waals surface area contributed by atoms with E-state index in [0.717, 1.165) is 63.3 Å². The van der Waals surface area contributed by atoms with E-state index < -0.39 is 0 Å². The Morgan fingerprint density at radius 3 is 2.94 bits per heavy atom. The largest absolute Gasteiger partial charge is 0.508 e. The third-order valence-corrected chi connectivity index (χ3v) is 8.35. The van der Waals surface area contributed by atoms with Crippen LogP contribution in [0, 0.1) is 5.92 Å². The third-order valence-electron chi connectivity index (χ3n) is 8.35. The van der Waals surface area contributed by atoms with E-state index in [1.165, 1.54) is 16.7 Å². The van der Waals surface area contributed by atoms with Gasteiger partial charge in [-0.1, -0.05) is 19.1 Å². The average molecular weight is 463 g/mol. The maximum Gasteiger partial charge on any atom is 0.237 e. The number of carbonyl (C=O) groups is 1. The molecule has 5 unspecified atom stereocenters. The van der Waals surface area contributed by atoms with Gasteiger partial charge in [0.15, 0.2) is 0 Å². The van der Waals surface area contributed by atoms with Gasteiger partial charge in [-0.2, -0.15) is 0 Å². The number of hydrogen-bond donors (Lipinski definition) is 5. The fourth-order valence-corrected chi connectivity index (χ4v) is 6.51. The van der Waals surface area contributed by atoms with Crippen LogP contribution in [0.3, 0.4) is 0 Å². The molecule has 1 aromatic heterocycles. The first-order chi connectivity index (χ1) is 16.6. The van der Waals surface area contributed by atoms with Crippen LogP contribution in [0.25, 0.3) is 5.57 Å². The van der Waals surface area contributed by atoms with Crippen LogP contribution in [-0.4, -0.2) is 57.6 Å². The predicted molar refractivity (Wildman–Crippen MR) is 130 cm³/mol. The van der Waals surface area contributed by atoms with Gasteiger partial charge in [0.2, 0.25) is 5.91 Å². The van der Waals surface area contributed by atoms with Crippen LogP contribution in [0.1, 0.15) is 67.2 Å². The Morgan fingerprint density at radius 1 is 1.21 bits per heavy atom. The number of imidazole rings is 1. The molecule has 1 aromatic carbocycles. The van der Waals surface area contributed by atoms with Gasteiger partial charge in [0.05, 0.1) is 24.0 Å². The molecule has 34 heavy (non-hydrogen) atoms. The number of nitrogens with zero attached hydrogens (tertiary/aromatic N) is 2. The number of carbonyl (C=O) groups excluding carboxylic acids is 1. The molecule has 0 spiro atoms. The van der Waals surface area contributed by atoms with Crippen molar-refractivity contribution in [1.29, 1.82) is 0 Å². The summed E-state index contributed by atoms with van der Waals surface area (Å²) >= 11 is 0. The molecule has 1 amide bonds. The summed E-state index contributed by atoms with van der Waals surface area (Å²) in [6.07, 6.45) is 9.37. The molecule has 1 aliphatic carbocycles. The highest BCUT2D eigenvalue weighted by atomic mass is 16.3. The molecule has 5 N–H and O–H groups in total. The molecule has 8 nitrogen and oxygen atoms in total. The number of phenols is 1. The standard InChI is InChI=1S/C26H34N6O2/c1-2-15-11-18(33)4-6-19(15)16-3-5-20-21(12-16)30-31-24(20)25-28-13-22(29-25)17-8-10-32(14-17)23-7-9-27-26(23)34/h4,6,8,11,13,16,20-21,23-24,30-31,33H,2-3,5,7,9-10,12,14H2,1H3,(H,27,34)(H,28,29). The van der Waals surface area contributed by atoms with Gasteiger partial charge in [-0.05, 0) is 72.8 Å². The maximum absolute atomic E-state index is 12.1. The van der Waals surface area contributed by atoms with Gasteiger partial charge < -0.3 is 15.4 Å². The van der Waals surface area contributed by atoms with Crippen LogP contribution in [-0.2, 0) is 11.2 Å². The van der Waals surface area contributed by atoms with E-state index in [-0.39, 0.29) is 18.0 Å². The van der Waals surface area contributed by atoms with Gasteiger partial charge in [-0.3, -0.25) is 15.1 Å². The lowest BCUT2D eigenvalue weighted by molar-refractivity contribution is -0.123. The number of fused-ring (bicyclic) bond motifs is 1. The van der Waals surface area contributed by atoms with Crippen LogP contribution in [0.5, 0.6) is 5.75 Å². The van der Waals surface area contributed by atoms with Crippen LogP contribution >= 0.6 is 0 Å². The zero-order chi connectivity index (χ0) is 23.2.